The number of hydrogen-bond donors (Lipinski definition) is 4. The number of carbonyl (C=O) groups is 4. The average molecular weight is 520 g/mol. The fourth-order valence-corrected chi connectivity index (χ4v) is 5.38. The first-order chi connectivity index (χ1) is 17.6. The lowest BCUT2D eigenvalue weighted by Crippen LogP contribution is -2.59. The van der Waals surface area contributed by atoms with Crippen LogP contribution in [-0.2, 0) is 30.3 Å². The zero-order chi connectivity index (χ0) is 26.9. The highest BCUT2D eigenvalue weighted by molar-refractivity contribution is 5.98. The second kappa shape index (κ2) is 11.2. The minimum absolute atomic E-state index is 0.114. The van der Waals surface area contributed by atoms with Crippen LogP contribution < -0.4 is 10.6 Å². The Morgan fingerprint density at radius 3 is 2.62 bits per heavy atom. The standard InChI is InChI=1S/C25H37N5O7/c1-13(26-3)22(32)28-21(14(2)36-4)24(34)29-11-17(31)8-16(29)7-15-9-27-10-19(15)23(33)30-12-18-5-6-20(30)25(35)37-18/h9-10,13-14,16-18,20-21,26-27,31H,5-8,11-12H2,1-4H3,(H,28,32)/t13-,14+,16+,17-,18?,20?,21-/m0/s1. The Labute approximate surface area is 216 Å². The third kappa shape index (κ3) is 5.51. The minimum Gasteiger partial charge on any atom is -0.459 e. The van der Waals surface area contributed by atoms with Gasteiger partial charge in [-0.05, 0) is 52.1 Å². The van der Waals surface area contributed by atoms with Crippen molar-refractivity contribution in [3.8, 4) is 0 Å². The molecule has 4 aliphatic rings. The quantitative estimate of drug-likeness (QED) is 0.309. The van der Waals surface area contributed by atoms with Gasteiger partial charge in [-0.25, -0.2) is 4.79 Å². The summed E-state index contributed by atoms with van der Waals surface area (Å²) in [6.07, 6.45) is 3.72. The number of aromatic nitrogens is 1. The summed E-state index contributed by atoms with van der Waals surface area (Å²) in [5.41, 5.74) is 1.13. The number of carbonyl (C=O) groups excluding carboxylic acids is 4. The number of piperidine rings is 1. The van der Waals surface area contributed by atoms with Crippen LogP contribution in [0.25, 0.3) is 0 Å². The second-order valence-corrected chi connectivity index (χ2v) is 10.2. The van der Waals surface area contributed by atoms with Gasteiger partial charge in [0.2, 0.25) is 11.8 Å². The molecule has 3 amide bonds. The van der Waals surface area contributed by atoms with E-state index < -0.39 is 36.4 Å². The van der Waals surface area contributed by atoms with Gasteiger partial charge in [0.15, 0.2) is 0 Å². The van der Waals surface area contributed by atoms with Crippen molar-refractivity contribution in [3.63, 3.8) is 0 Å². The van der Waals surface area contributed by atoms with Crippen molar-refractivity contribution in [3.05, 3.63) is 23.5 Å². The number of morpholine rings is 1. The Morgan fingerprint density at radius 2 is 1.97 bits per heavy atom. The number of esters is 1. The molecule has 1 aromatic rings. The molecule has 1 aromatic heterocycles. The molecule has 7 atom stereocenters. The van der Waals surface area contributed by atoms with Gasteiger partial charge in [-0.1, -0.05) is 0 Å². The number of amides is 3. The summed E-state index contributed by atoms with van der Waals surface area (Å²) in [4.78, 5) is 57.9. The molecule has 4 N–H and O–H groups in total. The zero-order valence-electron chi connectivity index (χ0n) is 21.7. The molecule has 0 radical (unpaired) electrons. The first-order valence-electron chi connectivity index (χ1n) is 12.8. The molecule has 0 aromatic carbocycles. The number of likely N-dealkylation sites (N-methyl/N-ethyl adjacent to an activating group) is 1. The van der Waals surface area contributed by atoms with Crippen molar-refractivity contribution in [2.24, 2.45) is 0 Å². The summed E-state index contributed by atoms with van der Waals surface area (Å²) in [5, 5.41) is 16.1. The molecule has 5 heterocycles. The Balaban J connectivity index is 1.51. The largest absolute Gasteiger partial charge is 0.459 e. The lowest BCUT2D eigenvalue weighted by atomic mass is 9.94. The third-order valence-corrected chi connectivity index (χ3v) is 7.78. The number of β-amino-alcohol motifs (C(OH)–C–C–N with tert-alkyl or cyclic N) is 1. The van der Waals surface area contributed by atoms with Crippen LogP contribution in [0.5, 0.6) is 0 Å². The highest BCUT2D eigenvalue weighted by atomic mass is 16.6. The monoisotopic (exact) mass is 519 g/mol. The van der Waals surface area contributed by atoms with E-state index in [1.54, 1.807) is 43.1 Å². The fourth-order valence-electron chi connectivity index (χ4n) is 5.38. The molecule has 5 rings (SSSR count). The van der Waals surface area contributed by atoms with Gasteiger partial charge in [0, 0.05) is 32.1 Å². The third-order valence-electron chi connectivity index (χ3n) is 7.78. The van der Waals surface area contributed by atoms with Crippen LogP contribution >= 0.6 is 0 Å². The van der Waals surface area contributed by atoms with Crippen LogP contribution in [0.2, 0.25) is 0 Å². The Morgan fingerprint density at radius 1 is 1.22 bits per heavy atom. The van der Waals surface area contributed by atoms with Crippen molar-refractivity contribution >= 4 is 23.7 Å². The molecule has 12 nitrogen and oxygen atoms in total. The van der Waals surface area contributed by atoms with Crippen LogP contribution in [0.4, 0.5) is 0 Å². The van der Waals surface area contributed by atoms with E-state index in [1.807, 2.05) is 0 Å². The van der Waals surface area contributed by atoms with Crippen molar-refractivity contribution in [2.45, 2.75) is 82.0 Å². The Kier molecular flexibility index (Phi) is 8.20. The molecule has 0 saturated carbocycles. The molecular formula is C25H37N5O7. The smallest absolute Gasteiger partial charge is 0.329 e. The van der Waals surface area contributed by atoms with E-state index in [4.69, 9.17) is 9.47 Å². The molecule has 4 aliphatic heterocycles. The molecule has 2 bridgehead atoms. The lowest BCUT2D eigenvalue weighted by Gasteiger charge is -2.43. The number of ether oxygens (including phenoxy) is 2. The van der Waals surface area contributed by atoms with Gasteiger partial charge >= 0.3 is 5.97 Å². The van der Waals surface area contributed by atoms with Gasteiger partial charge in [0.1, 0.15) is 18.2 Å². The van der Waals surface area contributed by atoms with Crippen LogP contribution in [0, 0.1) is 0 Å². The molecule has 12 heteroatoms. The van der Waals surface area contributed by atoms with Crippen LogP contribution in [0.1, 0.15) is 49.0 Å². The number of likely N-dealkylation sites (tertiary alicyclic amines) is 1. The van der Waals surface area contributed by atoms with Gasteiger partial charge in [-0.3, -0.25) is 14.4 Å². The van der Waals surface area contributed by atoms with E-state index in [9.17, 15) is 24.3 Å². The zero-order valence-corrected chi connectivity index (χ0v) is 21.7. The highest BCUT2D eigenvalue weighted by Crippen LogP contribution is 2.30. The maximum Gasteiger partial charge on any atom is 0.329 e. The van der Waals surface area contributed by atoms with Crippen LogP contribution in [0.15, 0.2) is 12.4 Å². The number of aliphatic hydroxyl groups excluding tert-OH is 1. The number of fused-ring (bicyclic) bond motifs is 3. The summed E-state index contributed by atoms with van der Waals surface area (Å²) in [7, 11) is 3.12. The molecule has 4 fully saturated rings. The normalized spacial score (nSPS) is 27.5. The van der Waals surface area contributed by atoms with E-state index in [0.717, 1.165) is 6.42 Å². The molecule has 37 heavy (non-hydrogen) atoms. The van der Waals surface area contributed by atoms with Gasteiger partial charge < -0.3 is 40.0 Å². The molecular weight excluding hydrogens is 482 g/mol. The van der Waals surface area contributed by atoms with Crippen LogP contribution in [-0.4, -0.2) is 113 Å². The fraction of sp³-hybridized carbons (Fsp3) is 0.680. The van der Waals surface area contributed by atoms with E-state index in [0.29, 0.717) is 36.9 Å². The number of nitrogens with one attached hydrogen (secondary N) is 3. The van der Waals surface area contributed by atoms with Gasteiger partial charge in [-0.2, -0.15) is 0 Å². The van der Waals surface area contributed by atoms with E-state index in [1.165, 1.54) is 7.11 Å². The number of hydrogen-bond acceptors (Lipinski definition) is 8. The number of nitrogens with zero attached hydrogens (tertiary/aromatic N) is 2. The topological polar surface area (TPSA) is 153 Å². The summed E-state index contributed by atoms with van der Waals surface area (Å²) >= 11 is 0. The number of methoxy groups -OCH3 is 1. The molecule has 2 unspecified atom stereocenters. The predicted molar refractivity (Wildman–Crippen MR) is 131 cm³/mol. The lowest BCUT2D eigenvalue weighted by molar-refractivity contribution is -0.172. The number of rotatable bonds is 9. The summed E-state index contributed by atoms with van der Waals surface area (Å²) in [6.45, 7) is 3.88. The van der Waals surface area contributed by atoms with E-state index >= 15 is 0 Å². The predicted octanol–water partition coefficient (Wildman–Crippen LogP) is -0.823. The van der Waals surface area contributed by atoms with Gasteiger partial charge in [0.25, 0.3) is 5.91 Å². The number of aliphatic hydroxyl groups is 1. The van der Waals surface area contributed by atoms with Gasteiger partial charge in [-0.15, -0.1) is 0 Å². The summed E-state index contributed by atoms with van der Waals surface area (Å²) in [5.74, 6) is -1.31. The second-order valence-electron chi connectivity index (χ2n) is 10.2. The van der Waals surface area contributed by atoms with E-state index in [-0.39, 0.29) is 36.3 Å². The molecule has 204 valence electrons. The molecule has 0 spiro atoms. The maximum absolute atomic E-state index is 13.6. The first-order valence-corrected chi connectivity index (χ1v) is 12.8. The number of H-pyrrole nitrogens is 1. The summed E-state index contributed by atoms with van der Waals surface area (Å²) < 4.78 is 10.7. The maximum atomic E-state index is 13.6. The highest BCUT2D eigenvalue weighted by Gasteiger charge is 2.45. The average Bonchev–Trinajstić information content (AvgIpc) is 3.51. The molecule has 4 saturated heterocycles. The molecule has 0 aliphatic carbocycles. The minimum atomic E-state index is -0.941. The van der Waals surface area contributed by atoms with E-state index in [2.05, 4.69) is 15.6 Å². The number of aromatic amines is 1. The summed E-state index contributed by atoms with van der Waals surface area (Å²) in [6, 6.07) is -2.41. The SMILES string of the molecule is CN[C@@H](C)C(=O)N[C@H](C(=O)N1C[C@@H](O)C[C@H]1Cc1c[nH]cc1C(=O)N1CC2CCC1C(=O)O2)[C@@H](C)OC. The van der Waals surface area contributed by atoms with Crippen LogP contribution in [0.3, 0.4) is 0 Å². The van der Waals surface area contributed by atoms with Crippen molar-refractivity contribution in [2.75, 3.05) is 27.2 Å². The van der Waals surface area contributed by atoms with Gasteiger partial charge in [0.05, 0.1) is 30.4 Å². The first kappa shape index (κ1) is 27.1. The van der Waals surface area contributed by atoms with Crippen molar-refractivity contribution in [1.82, 2.24) is 25.4 Å². The Bertz CT molecular complexity index is 1030. The van der Waals surface area contributed by atoms with Crippen molar-refractivity contribution < 1.29 is 33.8 Å². The van der Waals surface area contributed by atoms with Crippen molar-refractivity contribution in [1.29, 1.82) is 0 Å². The Hall–Kier alpha value is -2.96.